The van der Waals surface area contributed by atoms with Gasteiger partial charge in [-0.25, -0.2) is 15.0 Å². The molecule has 0 aliphatic heterocycles. The number of hydrazine groups is 1. The van der Waals surface area contributed by atoms with Gasteiger partial charge in [-0.05, 0) is 6.07 Å². The fourth-order valence-electron chi connectivity index (χ4n) is 2.13. The van der Waals surface area contributed by atoms with Gasteiger partial charge in [-0.1, -0.05) is 12.1 Å². The lowest BCUT2D eigenvalue weighted by Crippen LogP contribution is -2.30. The summed E-state index contributed by atoms with van der Waals surface area (Å²) in [7, 11) is 0. The van der Waals surface area contributed by atoms with Crippen LogP contribution < -0.4 is 16.2 Å². The van der Waals surface area contributed by atoms with Gasteiger partial charge in [-0.3, -0.25) is 35.9 Å². The zero-order valence-electron chi connectivity index (χ0n) is 13.7. The molecule has 0 aliphatic rings. The quantitative estimate of drug-likeness (QED) is 0.392. The molecule has 1 amide bonds. The highest BCUT2D eigenvalue weighted by Crippen LogP contribution is 2.31. The van der Waals surface area contributed by atoms with Crippen LogP contribution in [0.2, 0.25) is 0 Å². The predicted molar refractivity (Wildman–Crippen MR) is 98.3 cm³/mol. The van der Waals surface area contributed by atoms with E-state index in [1.807, 2.05) is 0 Å². The largest absolute Gasteiger partial charge is 0.355 e. The van der Waals surface area contributed by atoms with Crippen molar-refractivity contribution in [3.8, 4) is 0 Å². The van der Waals surface area contributed by atoms with E-state index in [0.29, 0.717) is 5.13 Å². The van der Waals surface area contributed by atoms with Gasteiger partial charge in [-0.2, -0.15) is 0 Å². The fraction of sp³-hybridized carbons (Fsp3) is 0. The molecular weight excluding hydrogens is 392 g/mol. The number of carbonyl (C=O) groups is 1. The Bertz CT molecular complexity index is 1040. The number of nitrogens with one attached hydrogen (secondary N) is 3. The van der Waals surface area contributed by atoms with E-state index < -0.39 is 27.1 Å². The number of nitro groups is 2. The molecule has 0 fully saturated rings. The van der Waals surface area contributed by atoms with E-state index in [4.69, 9.17) is 0 Å². The van der Waals surface area contributed by atoms with E-state index in [-0.39, 0.29) is 17.2 Å². The van der Waals surface area contributed by atoms with Gasteiger partial charge >= 0.3 is 5.69 Å². The summed E-state index contributed by atoms with van der Waals surface area (Å²) in [5, 5.41) is 27.2. The van der Waals surface area contributed by atoms with Crippen molar-refractivity contribution < 1.29 is 14.6 Å². The minimum absolute atomic E-state index is 0.141. The predicted octanol–water partition coefficient (Wildman–Crippen LogP) is 2.25. The Hall–Kier alpha value is -4.20. The summed E-state index contributed by atoms with van der Waals surface area (Å²) in [5.74, 6) is -1.32. The number of hydrogen-bond acceptors (Lipinski definition) is 11. The molecule has 3 rings (SSSR count). The van der Waals surface area contributed by atoms with Crippen LogP contribution in [0, 0.1) is 20.2 Å². The van der Waals surface area contributed by atoms with Gasteiger partial charge < -0.3 is 5.32 Å². The van der Waals surface area contributed by atoms with Gasteiger partial charge in [0.1, 0.15) is 11.9 Å². The van der Waals surface area contributed by atoms with E-state index >= 15 is 0 Å². The zero-order chi connectivity index (χ0) is 20.1. The van der Waals surface area contributed by atoms with Gasteiger partial charge in [0, 0.05) is 17.6 Å². The minimum atomic E-state index is -0.866. The number of para-hydroxylation sites is 1. The number of nitro benzene ring substituents is 1. The average molecular weight is 402 g/mol. The van der Waals surface area contributed by atoms with E-state index in [1.54, 1.807) is 5.38 Å². The average Bonchev–Trinajstić information content (AvgIpc) is 3.19. The number of hydrogen-bond donors (Lipinski definition) is 3. The van der Waals surface area contributed by atoms with Gasteiger partial charge in [0.15, 0.2) is 5.13 Å². The van der Waals surface area contributed by atoms with E-state index in [9.17, 15) is 25.0 Å². The molecule has 0 aliphatic carbocycles. The van der Waals surface area contributed by atoms with Crippen molar-refractivity contribution in [3.05, 3.63) is 68.0 Å². The second-order valence-electron chi connectivity index (χ2n) is 4.99. The van der Waals surface area contributed by atoms with Crippen LogP contribution in [0.3, 0.4) is 0 Å². The first-order chi connectivity index (χ1) is 13.5. The molecule has 13 nitrogen and oxygen atoms in total. The first-order valence-electron chi connectivity index (χ1n) is 7.43. The standard InChI is InChI=1S/C14H10N8O5S/c23-13(8-3-1-2-4-9(8)21(24)25)20-19-12-10(22(26)27)11(16-7-17-12)18-14-15-5-6-28-14/h1-7H,(H,20,23)(H2,15,16,17,18,19). The molecule has 2 aromatic heterocycles. The van der Waals surface area contributed by atoms with Crippen LogP contribution in [0.15, 0.2) is 42.2 Å². The smallest absolute Gasteiger partial charge is 0.310 e. The number of carbonyl (C=O) groups excluding carboxylic acids is 1. The topological polar surface area (TPSA) is 178 Å². The maximum atomic E-state index is 12.3. The molecule has 0 bridgehead atoms. The van der Waals surface area contributed by atoms with Crippen molar-refractivity contribution in [1.29, 1.82) is 0 Å². The molecule has 3 aromatic rings. The first kappa shape index (κ1) is 18.6. The number of amides is 1. The molecule has 0 saturated carbocycles. The number of aromatic nitrogens is 3. The molecule has 0 saturated heterocycles. The third-order valence-electron chi connectivity index (χ3n) is 3.30. The summed E-state index contributed by atoms with van der Waals surface area (Å²) in [6.45, 7) is 0. The lowest BCUT2D eigenvalue weighted by Gasteiger charge is -2.10. The molecule has 142 valence electrons. The van der Waals surface area contributed by atoms with Crippen molar-refractivity contribution in [2.45, 2.75) is 0 Å². The monoisotopic (exact) mass is 402 g/mol. The molecule has 0 atom stereocenters. The maximum absolute atomic E-state index is 12.3. The van der Waals surface area contributed by atoms with Crippen molar-refractivity contribution in [2.75, 3.05) is 10.7 Å². The normalized spacial score (nSPS) is 10.1. The number of rotatable bonds is 7. The number of thiazole rings is 1. The molecule has 1 aromatic carbocycles. The highest BCUT2D eigenvalue weighted by molar-refractivity contribution is 7.13. The lowest BCUT2D eigenvalue weighted by atomic mass is 10.2. The SMILES string of the molecule is O=C(NNc1ncnc(Nc2nccs2)c1[N+](=O)[O-])c1ccccc1[N+](=O)[O-]. The van der Waals surface area contributed by atoms with E-state index in [0.717, 1.165) is 12.4 Å². The Labute approximate surface area is 159 Å². The molecule has 2 heterocycles. The zero-order valence-corrected chi connectivity index (χ0v) is 14.5. The third kappa shape index (κ3) is 3.96. The Morgan fingerprint density at radius 3 is 2.46 bits per heavy atom. The maximum Gasteiger partial charge on any atom is 0.355 e. The number of anilines is 3. The highest BCUT2D eigenvalue weighted by atomic mass is 32.1. The molecule has 14 heteroatoms. The molecule has 0 radical (unpaired) electrons. The number of benzene rings is 1. The van der Waals surface area contributed by atoms with Crippen LogP contribution in [-0.4, -0.2) is 30.7 Å². The summed E-state index contributed by atoms with van der Waals surface area (Å²) in [5.41, 5.74) is 3.29. The van der Waals surface area contributed by atoms with E-state index in [1.165, 1.54) is 35.7 Å². The van der Waals surface area contributed by atoms with Crippen LogP contribution in [0.25, 0.3) is 0 Å². The molecular formula is C14H10N8O5S. The second-order valence-corrected chi connectivity index (χ2v) is 5.89. The Morgan fingerprint density at radius 1 is 1.04 bits per heavy atom. The Balaban J connectivity index is 1.84. The van der Waals surface area contributed by atoms with E-state index in [2.05, 4.69) is 31.1 Å². The summed E-state index contributed by atoms with van der Waals surface area (Å²) in [4.78, 5) is 44.8. The van der Waals surface area contributed by atoms with Crippen LogP contribution in [0.5, 0.6) is 0 Å². The Morgan fingerprint density at radius 2 is 1.79 bits per heavy atom. The van der Waals surface area contributed by atoms with Crippen LogP contribution in [0.4, 0.5) is 28.1 Å². The fourth-order valence-corrected chi connectivity index (χ4v) is 2.66. The van der Waals surface area contributed by atoms with Gasteiger partial charge in [0.05, 0.1) is 9.85 Å². The van der Waals surface area contributed by atoms with Crippen LogP contribution >= 0.6 is 11.3 Å². The highest BCUT2D eigenvalue weighted by Gasteiger charge is 2.25. The molecule has 3 N–H and O–H groups in total. The van der Waals surface area contributed by atoms with Crippen molar-refractivity contribution in [1.82, 2.24) is 20.4 Å². The summed E-state index contributed by atoms with van der Waals surface area (Å²) < 4.78 is 0. The van der Waals surface area contributed by atoms with Gasteiger partial charge in [0.25, 0.3) is 11.6 Å². The van der Waals surface area contributed by atoms with Crippen LogP contribution in [-0.2, 0) is 0 Å². The lowest BCUT2D eigenvalue weighted by molar-refractivity contribution is -0.385. The van der Waals surface area contributed by atoms with Crippen molar-refractivity contribution in [2.24, 2.45) is 0 Å². The third-order valence-corrected chi connectivity index (χ3v) is 3.99. The van der Waals surface area contributed by atoms with Crippen molar-refractivity contribution in [3.63, 3.8) is 0 Å². The van der Waals surface area contributed by atoms with Crippen LogP contribution in [0.1, 0.15) is 10.4 Å². The number of nitrogens with zero attached hydrogens (tertiary/aromatic N) is 5. The van der Waals surface area contributed by atoms with Crippen molar-refractivity contribution >= 4 is 45.4 Å². The summed E-state index contributed by atoms with van der Waals surface area (Å²) in [6.07, 6.45) is 2.55. The minimum Gasteiger partial charge on any atom is -0.310 e. The molecule has 0 unspecified atom stereocenters. The summed E-state index contributed by atoms with van der Waals surface area (Å²) >= 11 is 1.20. The summed E-state index contributed by atoms with van der Waals surface area (Å²) in [6, 6.07) is 5.27. The van der Waals surface area contributed by atoms with Gasteiger partial charge in [0.2, 0.25) is 11.6 Å². The molecule has 0 spiro atoms. The first-order valence-corrected chi connectivity index (χ1v) is 8.31. The Kier molecular flexibility index (Phi) is 5.31. The molecule has 28 heavy (non-hydrogen) atoms. The van der Waals surface area contributed by atoms with Gasteiger partial charge in [-0.15, -0.1) is 11.3 Å². The second kappa shape index (κ2) is 8.00.